The van der Waals surface area contributed by atoms with E-state index in [-0.39, 0.29) is 12.5 Å². The predicted molar refractivity (Wildman–Crippen MR) is 115 cm³/mol. The fourth-order valence-corrected chi connectivity index (χ4v) is 5.11. The van der Waals surface area contributed by atoms with Gasteiger partial charge in [-0.15, -0.1) is 0 Å². The van der Waals surface area contributed by atoms with Crippen molar-refractivity contribution in [3.8, 4) is 5.75 Å². The summed E-state index contributed by atoms with van der Waals surface area (Å²) in [5.41, 5.74) is 4.04. The molecule has 7 nitrogen and oxygen atoms in total. The highest BCUT2D eigenvalue weighted by molar-refractivity contribution is 5.97. The van der Waals surface area contributed by atoms with Gasteiger partial charge in [-0.25, -0.2) is 0 Å². The smallest absolute Gasteiger partial charge is 0.257 e. The third-order valence-corrected chi connectivity index (χ3v) is 6.89. The number of fused-ring (bicyclic) bond motifs is 3. The Morgan fingerprint density at radius 1 is 1.26 bits per heavy atom. The Hall–Kier alpha value is -2.19. The fraction of sp³-hybridized carbons (Fsp3) is 0.542. The van der Waals surface area contributed by atoms with Gasteiger partial charge in [-0.05, 0) is 42.4 Å². The minimum absolute atomic E-state index is 0.163. The number of aliphatic hydroxyl groups is 2. The molecule has 1 aromatic rings. The molecule has 2 N–H and O–H groups in total. The number of aliphatic hydroxyl groups excluding tert-OH is 2. The SMILES string of the molecule is COC(O)c1ccc2c(c1)OCCN(CC(O)CN1CCC3=C(C=CC4CC34)C1)C2=O. The molecule has 0 saturated heterocycles. The van der Waals surface area contributed by atoms with Gasteiger partial charge in [0.25, 0.3) is 5.91 Å². The number of benzene rings is 1. The highest BCUT2D eigenvalue weighted by atomic mass is 16.6. The Labute approximate surface area is 182 Å². The van der Waals surface area contributed by atoms with Crippen LogP contribution in [0.2, 0.25) is 0 Å². The van der Waals surface area contributed by atoms with E-state index in [1.165, 1.54) is 19.1 Å². The molecule has 1 aromatic carbocycles. The van der Waals surface area contributed by atoms with Crippen LogP contribution in [0.4, 0.5) is 0 Å². The van der Waals surface area contributed by atoms with Gasteiger partial charge in [0.15, 0.2) is 6.29 Å². The number of rotatable bonds is 6. The molecule has 7 heteroatoms. The number of nitrogens with zero attached hydrogens (tertiary/aromatic N) is 2. The standard InChI is InChI=1S/C24H30N2O5/c1-30-24(29)16-4-5-20-22(11-16)31-9-8-26(23(20)28)14-18(27)13-25-7-6-19-17(12-25)3-2-15-10-21(15)19/h2-5,11,15,18,21,24,27,29H,6-10,12-14H2,1H3. The van der Waals surface area contributed by atoms with Crippen molar-refractivity contribution in [1.29, 1.82) is 0 Å². The number of hydrogen-bond donors (Lipinski definition) is 2. The molecule has 2 aliphatic heterocycles. The lowest BCUT2D eigenvalue weighted by Crippen LogP contribution is -2.45. The van der Waals surface area contributed by atoms with Crippen LogP contribution in [0.1, 0.15) is 35.1 Å². The van der Waals surface area contributed by atoms with Crippen LogP contribution in [0.3, 0.4) is 0 Å². The topological polar surface area (TPSA) is 82.5 Å². The number of allylic oxidation sites excluding steroid dienone is 1. The van der Waals surface area contributed by atoms with E-state index < -0.39 is 12.4 Å². The molecule has 4 unspecified atom stereocenters. The molecular weight excluding hydrogens is 396 g/mol. The first-order chi connectivity index (χ1) is 15.0. The average molecular weight is 427 g/mol. The highest BCUT2D eigenvalue weighted by Crippen LogP contribution is 2.51. The number of ether oxygens (including phenoxy) is 2. The highest BCUT2D eigenvalue weighted by Gasteiger charge is 2.42. The fourth-order valence-electron chi connectivity index (χ4n) is 5.11. The second-order valence-corrected chi connectivity index (χ2v) is 9.00. The Bertz CT molecular complexity index is 927. The van der Waals surface area contributed by atoms with Gasteiger partial charge in [-0.2, -0.15) is 0 Å². The normalized spacial score (nSPS) is 27.1. The van der Waals surface area contributed by atoms with Crippen molar-refractivity contribution in [3.63, 3.8) is 0 Å². The summed E-state index contributed by atoms with van der Waals surface area (Å²) in [6.45, 7) is 3.43. The van der Waals surface area contributed by atoms with Gasteiger partial charge in [0.1, 0.15) is 12.4 Å². The second-order valence-electron chi connectivity index (χ2n) is 9.00. The maximum absolute atomic E-state index is 13.1. The summed E-state index contributed by atoms with van der Waals surface area (Å²) in [6.07, 6.45) is 5.34. The third kappa shape index (κ3) is 4.15. The molecule has 1 amide bonds. The summed E-state index contributed by atoms with van der Waals surface area (Å²) in [5, 5.41) is 20.6. The molecule has 0 bridgehead atoms. The third-order valence-electron chi connectivity index (χ3n) is 6.89. The Morgan fingerprint density at radius 3 is 2.97 bits per heavy atom. The van der Waals surface area contributed by atoms with Crippen molar-refractivity contribution in [2.45, 2.75) is 25.2 Å². The number of carbonyl (C=O) groups excluding carboxylic acids is 1. The zero-order chi connectivity index (χ0) is 21.5. The van der Waals surface area contributed by atoms with Crippen LogP contribution in [0.15, 0.2) is 41.5 Å². The van der Waals surface area contributed by atoms with E-state index in [0.29, 0.717) is 36.6 Å². The van der Waals surface area contributed by atoms with Crippen molar-refractivity contribution in [1.82, 2.24) is 9.80 Å². The van der Waals surface area contributed by atoms with Crippen molar-refractivity contribution in [3.05, 3.63) is 52.6 Å². The maximum atomic E-state index is 13.1. The first kappa shape index (κ1) is 20.7. The van der Waals surface area contributed by atoms with Gasteiger partial charge >= 0.3 is 0 Å². The van der Waals surface area contributed by atoms with Gasteiger partial charge in [-0.1, -0.05) is 23.8 Å². The van der Waals surface area contributed by atoms with E-state index >= 15 is 0 Å². The second kappa shape index (κ2) is 8.39. The van der Waals surface area contributed by atoms with E-state index in [4.69, 9.17) is 9.47 Å². The van der Waals surface area contributed by atoms with Crippen LogP contribution in [0.25, 0.3) is 0 Å². The molecule has 5 rings (SSSR count). The minimum atomic E-state index is -1.06. The number of hydrogen-bond acceptors (Lipinski definition) is 6. The van der Waals surface area contributed by atoms with Gasteiger partial charge in [-0.3, -0.25) is 9.69 Å². The predicted octanol–water partition coefficient (Wildman–Crippen LogP) is 1.73. The van der Waals surface area contributed by atoms with Crippen molar-refractivity contribution in [2.24, 2.45) is 11.8 Å². The summed E-state index contributed by atoms with van der Waals surface area (Å²) in [6, 6.07) is 4.96. The Balaban J connectivity index is 1.21. The van der Waals surface area contributed by atoms with Crippen molar-refractivity contribution in [2.75, 3.05) is 46.4 Å². The molecule has 1 fully saturated rings. The van der Waals surface area contributed by atoms with Crippen LogP contribution in [-0.4, -0.2) is 78.5 Å². The summed E-state index contributed by atoms with van der Waals surface area (Å²) in [5.74, 6) is 1.84. The molecule has 2 aliphatic carbocycles. The number of β-amino-alcohol motifs (C(OH)–C–C–N with tert-alkyl or cyclic N) is 1. The number of amides is 1. The molecule has 0 radical (unpaired) electrons. The van der Waals surface area contributed by atoms with E-state index in [2.05, 4.69) is 17.1 Å². The quantitative estimate of drug-likeness (QED) is 0.675. The van der Waals surface area contributed by atoms with E-state index in [0.717, 1.165) is 31.3 Å². The van der Waals surface area contributed by atoms with Crippen molar-refractivity contribution < 1.29 is 24.5 Å². The van der Waals surface area contributed by atoms with Gasteiger partial charge in [0.2, 0.25) is 0 Å². The summed E-state index contributed by atoms with van der Waals surface area (Å²) in [4.78, 5) is 17.0. The average Bonchev–Trinajstić information content (AvgIpc) is 3.58. The monoisotopic (exact) mass is 426 g/mol. The first-order valence-electron chi connectivity index (χ1n) is 11.1. The molecule has 2 heterocycles. The van der Waals surface area contributed by atoms with Gasteiger partial charge in [0.05, 0.1) is 18.2 Å². The zero-order valence-corrected chi connectivity index (χ0v) is 17.9. The number of carbonyl (C=O) groups is 1. The molecule has 4 aliphatic rings. The summed E-state index contributed by atoms with van der Waals surface area (Å²) in [7, 11) is 1.42. The molecule has 31 heavy (non-hydrogen) atoms. The Morgan fingerprint density at radius 2 is 2.13 bits per heavy atom. The summed E-state index contributed by atoms with van der Waals surface area (Å²) < 4.78 is 10.7. The first-order valence-corrected chi connectivity index (χ1v) is 11.1. The largest absolute Gasteiger partial charge is 0.491 e. The van der Waals surface area contributed by atoms with E-state index in [1.807, 2.05) is 0 Å². The van der Waals surface area contributed by atoms with Crippen molar-refractivity contribution >= 4 is 5.91 Å². The van der Waals surface area contributed by atoms with Gasteiger partial charge < -0.3 is 24.6 Å². The lowest BCUT2D eigenvalue weighted by atomic mass is 9.91. The van der Waals surface area contributed by atoms with Crippen LogP contribution in [0, 0.1) is 11.8 Å². The minimum Gasteiger partial charge on any atom is -0.491 e. The maximum Gasteiger partial charge on any atom is 0.257 e. The molecular formula is C24H30N2O5. The van der Waals surface area contributed by atoms with Crippen LogP contribution < -0.4 is 4.74 Å². The lowest BCUT2D eigenvalue weighted by Gasteiger charge is -2.33. The molecule has 4 atom stereocenters. The molecule has 0 spiro atoms. The van der Waals surface area contributed by atoms with Crippen LogP contribution >= 0.6 is 0 Å². The zero-order valence-electron chi connectivity index (χ0n) is 17.9. The van der Waals surface area contributed by atoms with E-state index in [9.17, 15) is 15.0 Å². The number of methoxy groups -OCH3 is 1. The molecule has 166 valence electrons. The molecule has 0 aromatic heterocycles. The van der Waals surface area contributed by atoms with Crippen LogP contribution in [-0.2, 0) is 4.74 Å². The van der Waals surface area contributed by atoms with E-state index in [1.54, 1.807) is 28.7 Å². The van der Waals surface area contributed by atoms with Gasteiger partial charge in [0, 0.05) is 38.9 Å². The lowest BCUT2D eigenvalue weighted by molar-refractivity contribution is -0.0770. The Kier molecular flexibility index (Phi) is 5.60. The van der Waals surface area contributed by atoms with Crippen LogP contribution in [0.5, 0.6) is 5.75 Å². The summed E-state index contributed by atoms with van der Waals surface area (Å²) >= 11 is 0. The molecule has 1 saturated carbocycles.